The highest BCUT2D eigenvalue weighted by Crippen LogP contribution is 2.24. The van der Waals surface area contributed by atoms with Crippen molar-refractivity contribution in [1.29, 1.82) is 0 Å². The summed E-state index contributed by atoms with van der Waals surface area (Å²) in [6, 6.07) is 14.8. The molecular weight excluding hydrogens is 330 g/mol. The Balaban J connectivity index is 2.19. The fourth-order valence-corrected chi connectivity index (χ4v) is 2.40. The summed E-state index contributed by atoms with van der Waals surface area (Å²) in [6.07, 6.45) is -0.766. The number of esters is 1. The monoisotopic (exact) mass is 357 g/mol. The van der Waals surface area contributed by atoms with Crippen molar-refractivity contribution in [2.75, 3.05) is 13.7 Å². The normalized spacial score (nSPS) is 12.5. The lowest BCUT2D eigenvalue weighted by Gasteiger charge is -2.23. The molecule has 0 bridgehead atoms. The van der Waals surface area contributed by atoms with E-state index in [0.29, 0.717) is 30.0 Å². The molecule has 2 rings (SSSR count). The maximum atomic E-state index is 12.0. The Kier molecular flexibility index (Phi) is 6.77. The molecule has 0 radical (unpaired) electrons. The molecule has 26 heavy (non-hydrogen) atoms. The van der Waals surface area contributed by atoms with Gasteiger partial charge in [-0.2, -0.15) is 0 Å². The number of benzene rings is 2. The molecule has 2 aromatic carbocycles. The Morgan fingerprint density at radius 3 is 2.46 bits per heavy atom. The lowest BCUT2D eigenvalue weighted by molar-refractivity contribution is 0.0599. The predicted molar refractivity (Wildman–Crippen MR) is 101 cm³/mol. The number of ether oxygens (including phenoxy) is 2. The third kappa shape index (κ3) is 6.17. The van der Waals surface area contributed by atoms with Gasteiger partial charge in [0.15, 0.2) is 0 Å². The Bertz CT molecular complexity index is 723. The summed E-state index contributed by atoms with van der Waals surface area (Å²) in [4.78, 5) is 12.0. The zero-order valence-electron chi connectivity index (χ0n) is 15.8. The van der Waals surface area contributed by atoms with Crippen LogP contribution < -0.4 is 10.1 Å². The van der Waals surface area contributed by atoms with Crippen molar-refractivity contribution in [1.82, 2.24) is 5.32 Å². The number of aliphatic hydroxyl groups excluding tert-OH is 1. The summed E-state index contributed by atoms with van der Waals surface area (Å²) in [5.74, 6) is 0.0500. The first-order valence-electron chi connectivity index (χ1n) is 8.61. The molecule has 0 fully saturated rings. The summed E-state index contributed by atoms with van der Waals surface area (Å²) in [6.45, 7) is 6.82. The Labute approximate surface area is 155 Å². The zero-order valence-corrected chi connectivity index (χ0v) is 15.8. The van der Waals surface area contributed by atoms with Crippen LogP contribution in [0.1, 0.15) is 48.4 Å². The van der Waals surface area contributed by atoms with E-state index < -0.39 is 12.1 Å². The van der Waals surface area contributed by atoms with Gasteiger partial charge in [-0.3, -0.25) is 0 Å². The molecule has 5 nitrogen and oxygen atoms in total. The highest BCUT2D eigenvalue weighted by Gasteiger charge is 2.17. The minimum Gasteiger partial charge on any atom is -0.489 e. The first-order valence-corrected chi connectivity index (χ1v) is 8.61. The van der Waals surface area contributed by atoms with Gasteiger partial charge in [0.05, 0.1) is 18.8 Å². The van der Waals surface area contributed by atoms with Crippen LogP contribution in [-0.4, -0.2) is 30.3 Å². The van der Waals surface area contributed by atoms with Crippen LogP contribution in [0.5, 0.6) is 5.75 Å². The number of rotatable bonds is 7. The predicted octanol–water partition coefficient (Wildman–Crippen LogP) is 3.47. The third-order valence-corrected chi connectivity index (χ3v) is 3.81. The second-order valence-corrected chi connectivity index (χ2v) is 7.20. The van der Waals surface area contributed by atoms with E-state index in [4.69, 9.17) is 9.47 Å². The third-order valence-electron chi connectivity index (χ3n) is 3.81. The fourth-order valence-electron chi connectivity index (χ4n) is 2.40. The Hall–Kier alpha value is -2.37. The number of β-amino-alcohol motifs (C(OH)–C–C–N with tert-alkyl or cyclic N) is 1. The highest BCUT2D eigenvalue weighted by atomic mass is 16.5. The SMILES string of the molecule is COC(=O)c1cc(OCc2ccccc2)cc(C(O)CNC(C)(C)C)c1. The maximum absolute atomic E-state index is 12.0. The molecule has 1 unspecified atom stereocenters. The molecule has 0 aliphatic rings. The van der Waals surface area contributed by atoms with E-state index in [0.717, 1.165) is 5.56 Å². The summed E-state index contributed by atoms with van der Waals surface area (Å²) in [5.41, 5.74) is 1.86. The summed E-state index contributed by atoms with van der Waals surface area (Å²) in [7, 11) is 1.33. The van der Waals surface area contributed by atoms with E-state index in [1.807, 2.05) is 51.1 Å². The van der Waals surface area contributed by atoms with E-state index in [2.05, 4.69) is 5.32 Å². The van der Waals surface area contributed by atoms with Gasteiger partial charge in [0.25, 0.3) is 0 Å². The minimum absolute atomic E-state index is 0.117. The van der Waals surface area contributed by atoms with Crippen LogP contribution in [0, 0.1) is 0 Å². The molecule has 5 heteroatoms. The van der Waals surface area contributed by atoms with Crippen molar-refractivity contribution in [2.45, 2.75) is 39.0 Å². The van der Waals surface area contributed by atoms with E-state index >= 15 is 0 Å². The van der Waals surface area contributed by atoms with Crippen LogP contribution >= 0.6 is 0 Å². The van der Waals surface area contributed by atoms with Gasteiger partial charge in [-0.1, -0.05) is 30.3 Å². The van der Waals surface area contributed by atoms with Gasteiger partial charge in [-0.15, -0.1) is 0 Å². The topological polar surface area (TPSA) is 67.8 Å². The average molecular weight is 357 g/mol. The first kappa shape index (κ1) is 19.9. The van der Waals surface area contributed by atoms with Crippen LogP contribution in [0.4, 0.5) is 0 Å². The molecular formula is C21H27NO4. The number of carbonyl (C=O) groups excluding carboxylic acids is 1. The lowest BCUT2D eigenvalue weighted by atomic mass is 10.0. The smallest absolute Gasteiger partial charge is 0.337 e. The van der Waals surface area contributed by atoms with Crippen LogP contribution in [0.25, 0.3) is 0 Å². The summed E-state index contributed by atoms with van der Waals surface area (Å²) >= 11 is 0. The summed E-state index contributed by atoms with van der Waals surface area (Å²) < 4.78 is 10.6. The van der Waals surface area contributed by atoms with E-state index in [9.17, 15) is 9.90 Å². The number of hydrogen-bond donors (Lipinski definition) is 2. The van der Waals surface area contributed by atoms with Gasteiger partial charge >= 0.3 is 5.97 Å². The quantitative estimate of drug-likeness (QED) is 0.743. The molecule has 140 valence electrons. The Morgan fingerprint density at radius 1 is 1.15 bits per heavy atom. The zero-order chi connectivity index (χ0) is 19.2. The van der Waals surface area contributed by atoms with E-state index in [1.54, 1.807) is 18.2 Å². The van der Waals surface area contributed by atoms with E-state index in [-0.39, 0.29) is 5.54 Å². The second kappa shape index (κ2) is 8.83. The molecule has 1 atom stereocenters. The maximum Gasteiger partial charge on any atom is 0.337 e. The number of nitrogens with one attached hydrogen (secondary N) is 1. The molecule has 0 amide bonds. The van der Waals surface area contributed by atoms with Crippen molar-refractivity contribution >= 4 is 5.97 Å². The lowest BCUT2D eigenvalue weighted by Crippen LogP contribution is -2.38. The molecule has 0 saturated heterocycles. The standard InChI is InChI=1S/C21H27NO4/c1-21(2,3)22-13-19(23)16-10-17(20(24)25-4)12-18(11-16)26-14-15-8-6-5-7-9-15/h5-12,19,22-23H,13-14H2,1-4H3. The van der Waals surface area contributed by atoms with Gasteiger partial charge in [-0.25, -0.2) is 4.79 Å². The highest BCUT2D eigenvalue weighted by molar-refractivity contribution is 5.90. The van der Waals surface area contributed by atoms with Crippen molar-refractivity contribution in [2.24, 2.45) is 0 Å². The largest absolute Gasteiger partial charge is 0.489 e. The molecule has 2 N–H and O–H groups in total. The number of carbonyl (C=O) groups is 1. The van der Waals surface area contributed by atoms with Crippen molar-refractivity contribution in [3.8, 4) is 5.75 Å². The van der Waals surface area contributed by atoms with Crippen LogP contribution in [0.15, 0.2) is 48.5 Å². The second-order valence-electron chi connectivity index (χ2n) is 7.20. The van der Waals surface area contributed by atoms with E-state index in [1.165, 1.54) is 7.11 Å². The van der Waals surface area contributed by atoms with Gasteiger partial charge in [0.2, 0.25) is 0 Å². The molecule has 2 aromatic rings. The number of methoxy groups -OCH3 is 1. The summed E-state index contributed by atoms with van der Waals surface area (Å²) in [5, 5.41) is 13.8. The minimum atomic E-state index is -0.766. The van der Waals surface area contributed by atoms with Gasteiger partial charge in [0.1, 0.15) is 12.4 Å². The number of aliphatic hydroxyl groups is 1. The average Bonchev–Trinajstić information content (AvgIpc) is 2.63. The van der Waals surface area contributed by atoms with Gasteiger partial charge in [0, 0.05) is 12.1 Å². The Morgan fingerprint density at radius 2 is 1.85 bits per heavy atom. The van der Waals surface area contributed by atoms with Crippen molar-refractivity contribution in [3.05, 3.63) is 65.2 Å². The molecule has 0 saturated carbocycles. The van der Waals surface area contributed by atoms with Gasteiger partial charge in [-0.05, 0) is 50.1 Å². The first-order chi connectivity index (χ1) is 12.3. The van der Waals surface area contributed by atoms with Crippen LogP contribution in [0.2, 0.25) is 0 Å². The van der Waals surface area contributed by atoms with Crippen LogP contribution in [0.3, 0.4) is 0 Å². The van der Waals surface area contributed by atoms with Crippen molar-refractivity contribution in [3.63, 3.8) is 0 Å². The molecule has 0 heterocycles. The molecule has 0 aromatic heterocycles. The van der Waals surface area contributed by atoms with Crippen molar-refractivity contribution < 1.29 is 19.4 Å². The number of hydrogen-bond acceptors (Lipinski definition) is 5. The fraction of sp³-hybridized carbons (Fsp3) is 0.381. The van der Waals surface area contributed by atoms with Gasteiger partial charge < -0.3 is 19.9 Å². The molecule has 0 aliphatic carbocycles. The molecule has 0 aliphatic heterocycles. The van der Waals surface area contributed by atoms with Crippen LogP contribution in [-0.2, 0) is 11.3 Å². The molecule has 0 spiro atoms.